The zero-order valence-corrected chi connectivity index (χ0v) is 16.3. The molecule has 0 radical (unpaired) electrons. The first-order chi connectivity index (χ1) is 12.9. The Kier molecular flexibility index (Phi) is 5.91. The number of methoxy groups -OCH3 is 1. The first kappa shape index (κ1) is 19.1. The Morgan fingerprint density at radius 1 is 1.33 bits per heavy atom. The molecule has 0 bridgehead atoms. The van der Waals surface area contributed by atoms with Crippen LogP contribution in [0.5, 0.6) is 11.5 Å². The number of rotatable bonds is 5. The van der Waals surface area contributed by atoms with Crippen LogP contribution in [-0.2, 0) is 6.54 Å². The second-order valence-corrected chi connectivity index (χ2v) is 6.83. The maximum absolute atomic E-state index is 12.3. The van der Waals surface area contributed by atoms with Gasteiger partial charge in [-0.25, -0.2) is 9.97 Å². The highest BCUT2D eigenvalue weighted by atomic mass is 16.5. The maximum Gasteiger partial charge on any atom is 0.270 e. The summed E-state index contributed by atoms with van der Waals surface area (Å²) in [5.74, 6) is 2.08. The minimum Gasteiger partial charge on any atom is -0.497 e. The van der Waals surface area contributed by atoms with Gasteiger partial charge in [-0.3, -0.25) is 9.69 Å². The van der Waals surface area contributed by atoms with E-state index in [4.69, 9.17) is 9.47 Å². The number of aromatic nitrogens is 2. The Morgan fingerprint density at radius 3 is 2.89 bits per heavy atom. The topological polar surface area (TPSA) is 76.6 Å². The molecule has 1 amide bonds. The van der Waals surface area contributed by atoms with Gasteiger partial charge in [0.1, 0.15) is 29.1 Å². The average molecular weight is 370 g/mol. The van der Waals surface area contributed by atoms with Crippen molar-refractivity contribution < 1.29 is 14.3 Å². The normalized spacial score (nSPS) is 16.8. The molecule has 1 aromatic carbocycles. The highest BCUT2D eigenvalue weighted by Gasteiger charge is 2.20. The molecule has 0 fully saturated rings. The fourth-order valence-corrected chi connectivity index (χ4v) is 3.25. The number of hydrogen-bond acceptors (Lipinski definition) is 6. The first-order valence-electron chi connectivity index (χ1n) is 9.11. The standard InChI is InChI=1S/C20H26N4O3/c1-13-9-18(23-15(3)22-13)20(25)21-7-8-24-11-14(2)27-19-10-17(26-4)6-5-16(19)12-24/h5-6,9-10,14H,7-8,11-12H2,1-4H3,(H,21,25)/t14-/m1/s1. The van der Waals surface area contributed by atoms with Crippen LogP contribution >= 0.6 is 0 Å². The Labute approximate surface area is 159 Å². The summed E-state index contributed by atoms with van der Waals surface area (Å²) in [6.07, 6.45) is 0.0567. The second-order valence-electron chi connectivity index (χ2n) is 6.83. The fourth-order valence-electron chi connectivity index (χ4n) is 3.25. The van der Waals surface area contributed by atoms with Crippen molar-refractivity contribution in [3.8, 4) is 11.5 Å². The number of hydrogen-bond donors (Lipinski definition) is 1. The van der Waals surface area contributed by atoms with E-state index in [0.717, 1.165) is 42.4 Å². The molecule has 1 aliphatic heterocycles. The lowest BCUT2D eigenvalue weighted by atomic mass is 10.2. The van der Waals surface area contributed by atoms with Crippen LogP contribution in [-0.4, -0.2) is 53.6 Å². The van der Waals surface area contributed by atoms with Gasteiger partial charge in [-0.05, 0) is 32.9 Å². The van der Waals surface area contributed by atoms with Crippen LogP contribution in [0.2, 0.25) is 0 Å². The third-order valence-electron chi connectivity index (χ3n) is 4.42. The summed E-state index contributed by atoms with van der Waals surface area (Å²) in [4.78, 5) is 23.0. The predicted octanol–water partition coefficient (Wildman–Crippen LogP) is 2.11. The summed E-state index contributed by atoms with van der Waals surface area (Å²) < 4.78 is 11.3. The van der Waals surface area contributed by atoms with Crippen molar-refractivity contribution in [2.45, 2.75) is 33.4 Å². The molecule has 1 aliphatic rings. The van der Waals surface area contributed by atoms with Crippen molar-refractivity contribution in [3.05, 3.63) is 47.0 Å². The van der Waals surface area contributed by atoms with Crippen LogP contribution in [0.25, 0.3) is 0 Å². The predicted molar refractivity (Wildman–Crippen MR) is 102 cm³/mol. The van der Waals surface area contributed by atoms with Crippen molar-refractivity contribution in [1.29, 1.82) is 0 Å². The fraction of sp³-hybridized carbons (Fsp3) is 0.450. The molecule has 7 heteroatoms. The van der Waals surface area contributed by atoms with Gasteiger partial charge in [-0.1, -0.05) is 6.07 Å². The van der Waals surface area contributed by atoms with Crippen LogP contribution in [0.4, 0.5) is 0 Å². The van der Waals surface area contributed by atoms with E-state index in [1.54, 1.807) is 20.1 Å². The van der Waals surface area contributed by atoms with Crippen molar-refractivity contribution >= 4 is 5.91 Å². The Bertz CT molecular complexity index is 805. The highest BCUT2D eigenvalue weighted by molar-refractivity contribution is 5.92. The van der Waals surface area contributed by atoms with E-state index < -0.39 is 0 Å². The summed E-state index contributed by atoms with van der Waals surface area (Å²) in [5.41, 5.74) is 2.32. The van der Waals surface area contributed by atoms with E-state index in [1.165, 1.54) is 0 Å². The van der Waals surface area contributed by atoms with Gasteiger partial charge in [0.05, 0.1) is 7.11 Å². The third-order valence-corrected chi connectivity index (χ3v) is 4.42. The zero-order chi connectivity index (χ0) is 19.4. The van der Waals surface area contributed by atoms with Crippen LogP contribution < -0.4 is 14.8 Å². The Balaban J connectivity index is 1.59. The molecule has 144 valence electrons. The van der Waals surface area contributed by atoms with Gasteiger partial charge in [0.25, 0.3) is 5.91 Å². The molecule has 2 aromatic rings. The van der Waals surface area contributed by atoms with E-state index in [0.29, 0.717) is 18.1 Å². The van der Waals surface area contributed by atoms with Crippen molar-refractivity contribution in [2.24, 2.45) is 0 Å². The minimum atomic E-state index is -0.173. The number of ether oxygens (including phenoxy) is 2. The van der Waals surface area contributed by atoms with Crippen LogP contribution in [0.15, 0.2) is 24.3 Å². The first-order valence-corrected chi connectivity index (χ1v) is 9.11. The summed E-state index contributed by atoms with van der Waals surface area (Å²) in [7, 11) is 1.65. The van der Waals surface area contributed by atoms with Crippen molar-refractivity contribution in [3.63, 3.8) is 0 Å². The van der Waals surface area contributed by atoms with Crippen LogP contribution in [0.1, 0.15) is 34.5 Å². The van der Waals surface area contributed by atoms with E-state index in [2.05, 4.69) is 20.2 Å². The van der Waals surface area contributed by atoms with E-state index >= 15 is 0 Å². The smallest absolute Gasteiger partial charge is 0.270 e. The SMILES string of the molecule is COc1ccc2c(c1)O[C@H](C)CN(CCNC(=O)c1cc(C)nc(C)n1)C2. The molecule has 1 aromatic heterocycles. The molecular formula is C20H26N4O3. The number of benzene rings is 1. The van der Waals surface area contributed by atoms with E-state index in [1.807, 2.05) is 32.0 Å². The van der Waals surface area contributed by atoms with Crippen molar-refractivity contribution in [1.82, 2.24) is 20.2 Å². The van der Waals surface area contributed by atoms with Gasteiger partial charge in [0, 0.05) is 43.5 Å². The minimum absolute atomic E-state index is 0.0567. The highest BCUT2D eigenvalue weighted by Crippen LogP contribution is 2.29. The van der Waals surface area contributed by atoms with Gasteiger partial charge in [0.15, 0.2) is 0 Å². The molecule has 1 atom stereocenters. The second kappa shape index (κ2) is 8.35. The van der Waals surface area contributed by atoms with E-state index in [-0.39, 0.29) is 12.0 Å². The number of fused-ring (bicyclic) bond motifs is 1. The van der Waals surface area contributed by atoms with Gasteiger partial charge in [-0.15, -0.1) is 0 Å². The van der Waals surface area contributed by atoms with Crippen LogP contribution in [0, 0.1) is 13.8 Å². The van der Waals surface area contributed by atoms with Gasteiger partial charge >= 0.3 is 0 Å². The molecule has 3 rings (SSSR count). The quantitative estimate of drug-likeness (QED) is 0.869. The van der Waals surface area contributed by atoms with E-state index in [9.17, 15) is 4.79 Å². The number of aryl methyl sites for hydroxylation is 2. The molecule has 1 N–H and O–H groups in total. The summed E-state index contributed by atoms with van der Waals surface area (Å²) in [6, 6.07) is 7.60. The molecule has 0 saturated heterocycles. The molecule has 7 nitrogen and oxygen atoms in total. The molecule has 2 heterocycles. The lowest BCUT2D eigenvalue weighted by Crippen LogP contribution is -2.38. The zero-order valence-electron chi connectivity index (χ0n) is 16.3. The van der Waals surface area contributed by atoms with Crippen molar-refractivity contribution in [2.75, 3.05) is 26.7 Å². The largest absolute Gasteiger partial charge is 0.497 e. The lowest BCUT2D eigenvalue weighted by molar-refractivity contribution is 0.0939. The van der Waals surface area contributed by atoms with Crippen LogP contribution in [0.3, 0.4) is 0 Å². The maximum atomic E-state index is 12.3. The Morgan fingerprint density at radius 2 is 2.15 bits per heavy atom. The molecule has 0 unspecified atom stereocenters. The van der Waals surface area contributed by atoms with Gasteiger partial charge in [0.2, 0.25) is 0 Å². The average Bonchev–Trinajstić information content (AvgIpc) is 2.77. The number of carbonyl (C=O) groups is 1. The van der Waals surface area contributed by atoms with Gasteiger partial charge in [-0.2, -0.15) is 0 Å². The summed E-state index contributed by atoms with van der Waals surface area (Å²) in [5, 5.41) is 2.95. The molecule has 0 spiro atoms. The monoisotopic (exact) mass is 370 g/mol. The summed E-state index contributed by atoms with van der Waals surface area (Å²) >= 11 is 0. The number of nitrogens with zero attached hydrogens (tertiary/aromatic N) is 3. The number of nitrogens with one attached hydrogen (secondary N) is 1. The molecule has 27 heavy (non-hydrogen) atoms. The summed E-state index contributed by atoms with van der Waals surface area (Å²) in [6.45, 7) is 8.52. The Hall–Kier alpha value is -2.67. The number of amides is 1. The van der Waals surface area contributed by atoms with Gasteiger partial charge < -0.3 is 14.8 Å². The molecule has 0 aliphatic carbocycles. The lowest BCUT2D eigenvalue weighted by Gasteiger charge is -2.21. The third kappa shape index (κ3) is 4.95. The molecule has 0 saturated carbocycles. The molecular weight excluding hydrogens is 344 g/mol. The number of carbonyl (C=O) groups excluding carboxylic acids is 1.